The van der Waals surface area contributed by atoms with Crippen LogP contribution < -0.4 is 5.56 Å². The number of aryl methyl sites for hydroxylation is 3. The number of benzene rings is 1. The van der Waals surface area contributed by atoms with E-state index in [1.54, 1.807) is 27.7 Å². The van der Waals surface area contributed by atoms with Gasteiger partial charge in [-0.25, -0.2) is 4.98 Å². The number of hydrogen-bond donors (Lipinski definition) is 0. The van der Waals surface area contributed by atoms with Gasteiger partial charge in [0.15, 0.2) is 5.16 Å². The number of fused-ring (bicyclic) bond motifs is 3. The minimum Gasteiger partial charge on any atom is -0.355 e. The van der Waals surface area contributed by atoms with Crippen molar-refractivity contribution < 1.29 is 9.47 Å². The summed E-state index contributed by atoms with van der Waals surface area (Å²) in [6.07, 6.45) is 4.20. The lowest BCUT2D eigenvalue weighted by molar-refractivity contribution is -0.130. The summed E-state index contributed by atoms with van der Waals surface area (Å²) in [4.78, 5) is 20.7. The SMILES string of the molecule is Cc1ccc(-n2c(SCC3CCOCO3)nc3sc4c(c3c2=O)CCC4)cc1. The quantitative estimate of drug-likeness (QED) is 0.475. The molecular weight excluding hydrogens is 392 g/mol. The number of aromatic nitrogens is 2. The third-order valence-corrected chi connectivity index (χ3v) is 7.63. The van der Waals surface area contributed by atoms with Crippen LogP contribution in [0.5, 0.6) is 0 Å². The molecular formula is C21H22N2O3S2. The molecule has 1 atom stereocenters. The zero-order valence-electron chi connectivity index (χ0n) is 15.8. The van der Waals surface area contributed by atoms with Crippen LogP contribution in [0.4, 0.5) is 0 Å². The Kier molecular flexibility index (Phi) is 5.00. The first kappa shape index (κ1) is 18.4. The first-order valence-electron chi connectivity index (χ1n) is 9.67. The topological polar surface area (TPSA) is 53.4 Å². The molecule has 2 aromatic heterocycles. The van der Waals surface area contributed by atoms with Crippen molar-refractivity contribution in [2.24, 2.45) is 0 Å². The molecule has 0 amide bonds. The van der Waals surface area contributed by atoms with E-state index < -0.39 is 0 Å². The van der Waals surface area contributed by atoms with Gasteiger partial charge in [-0.2, -0.15) is 0 Å². The van der Waals surface area contributed by atoms with E-state index in [4.69, 9.17) is 14.5 Å². The molecule has 0 bridgehead atoms. The maximum absolute atomic E-state index is 13.6. The Bertz CT molecular complexity index is 1070. The maximum atomic E-state index is 13.6. The van der Waals surface area contributed by atoms with Gasteiger partial charge in [0.2, 0.25) is 0 Å². The van der Waals surface area contributed by atoms with E-state index in [0.717, 1.165) is 59.1 Å². The zero-order valence-corrected chi connectivity index (χ0v) is 17.4. The van der Waals surface area contributed by atoms with Crippen LogP contribution >= 0.6 is 23.1 Å². The van der Waals surface area contributed by atoms with Crippen LogP contribution in [-0.2, 0) is 22.3 Å². The highest BCUT2D eigenvalue weighted by Gasteiger charge is 2.24. The average molecular weight is 415 g/mol. The molecule has 0 saturated carbocycles. The normalized spacial score (nSPS) is 19.2. The van der Waals surface area contributed by atoms with Crippen LogP contribution in [0.2, 0.25) is 0 Å². The molecule has 2 aliphatic rings. The van der Waals surface area contributed by atoms with Gasteiger partial charge in [-0.15, -0.1) is 11.3 Å². The van der Waals surface area contributed by atoms with E-state index in [1.807, 2.05) is 24.3 Å². The molecule has 1 fully saturated rings. The van der Waals surface area contributed by atoms with E-state index >= 15 is 0 Å². The summed E-state index contributed by atoms with van der Waals surface area (Å²) in [6.45, 7) is 3.12. The van der Waals surface area contributed by atoms with E-state index in [-0.39, 0.29) is 11.7 Å². The van der Waals surface area contributed by atoms with E-state index in [0.29, 0.717) is 6.79 Å². The monoisotopic (exact) mass is 414 g/mol. The maximum Gasteiger partial charge on any atom is 0.267 e. The number of ether oxygens (including phenoxy) is 2. The lowest BCUT2D eigenvalue weighted by atomic mass is 10.2. The molecule has 5 rings (SSSR count). The molecule has 146 valence electrons. The Morgan fingerprint density at radius 2 is 2.14 bits per heavy atom. The van der Waals surface area contributed by atoms with E-state index in [1.165, 1.54) is 16.0 Å². The summed E-state index contributed by atoms with van der Waals surface area (Å²) >= 11 is 3.29. The predicted octanol–water partition coefficient (Wildman–Crippen LogP) is 4.10. The second-order valence-corrected chi connectivity index (χ2v) is 9.39. The van der Waals surface area contributed by atoms with Gasteiger partial charge < -0.3 is 9.47 Å². The number of nitrogens with zero attached hydrogens (tertiary/aromatic N) is 2. The van der Waals surface area contributed by atoms with Gasteiger partial charge in [0.25, 0.3) is 5.56 Å². The third-order valence-electron chi connectivity index (χ3n) is 5.37. The van der Waals surface area contributed by atoms with Gasteiger partial charge in [0.1, 0.15) is 11.6 Å². The predicted molar refractivity (Wildman–Crippen MR) is 113 cm³/mol. The Morgan fingerprint density at radius 1 is 1.29 bits per heavy atom. The van der Waals surface area contributed by atoms with Crippen molar-refractivity contribution in [1.29, 1.82) is 0 Å². The number of thiophene rings is 1. The smallest absolute Gasteiger partial charge is 0.267 e. The second-order valence-electron chi connectivity index (χ2n) is 7.32. The third kappa shape index (κ3) is 3.30. The molecule has 1 saturated heterocycles. The number of rotatable bonds is 4. The van der Waals surface area contributed by atoms with Crippen LogP contribution in [0, 0.1) is 6.92 Å². The minimum absolute atomic E-state index is 0.0589. The summed E-state index contributed by atoms with van der Waals surface area (Å²) < 4.78 is 12.7. The van der Waals surface area contributed by atoms with Gasteiger partial charge in [0, 0.05) is 10.6 Å². The second kappa shape index (κ2) is 7.63. The van der Waals surface area contributed by atoms with Crippen molar-refractivity contribution in [1.82, 2.24) is 9.55 Å². The van der Waals surface area contributed by atoms with Crippen LogP contribution in [0.15, 0.2) is 34.2 Å². The molecule has 1 aromatic carbocycles. The molecule has 28 heavy (non-hydrogen) atoms. The molecule has 0 N–H and O–H groups in total. The summed E-state index contributed by atoms with van der Waals surface area (Å²) in [5.74, 6) is 0.762. The van der Waals surface area contributed by atoms with Crippen molar-refractivity contribution in [2.45, 2.75) is 43.9 Å². The van der Waals surface area contributed by atoms with Crippen molar-refractivity contribution in [3.8, 4) is 5.69 Å². The fraction of sp³-hybridized carbons (Fsp3) is 0.429. The first-order chi connectivity index (χ1) is 13.7. The Hall–Kier alpha value is -1.67. The zero-order chi connectivity index (χ0) is 19.1. The minimum atomic E-state index is 0.0589. The summed E-state index contributed by atoms with van der Waals surface area (Å²) in [7, 11) is 0. The van der Waals surface area contributed by atoms with Crippen LogP contribution in [0.25, 0.3) is 15.9 Å². The molecule has 1 aliphatic heterocycles. The van der Waals surface area contributed by atoms with Gasteiger partial charge in [-0.1, -0.05) is 29.5 Å². The van der Waals surface area contributed by atoms with Gasteiger partial charge in [-0.3, -0.25) is 9.36 Å². The fourth-order valence-electron chi connectivity index (χ4n) is 3.84. The number of hydrogen-bond acceptors (Lipinski definition) is 6. The standard InChI is InChI=1S/C21H22N2O3S2/c1-13-5-7-14(8-6-13)23-20(24)18-16-3-2-4-17(16)28-19(18)22-21(23)27-11-15-9-10-25-12-26-15/h5-8,15H,2-4,9-12H2,1H3. The van der Waals surface area contributed by atoms with Crippen LogP contribution in [0.1, 0.15) is 28.8 Å². The molecule has 0 spiro atoms. The van der Waals surface area contributed by atoms with E-state index in [2.05, 4.69) is 6.92 Å². The Balaban J connectivity index is 1.61. The van der Waals surface area contributed by atoms with Crippen molar-refractivity contribution in [3.63, 3.8) is 0 Å². The van der Waals surface area contributed by atoms with Gasteiger partial charge in [-0.05, 0) is 50.3 Å². The summed E-state index contributed by atoms with van der Waals surface area (Å²) in [5, 5.41) is 1.57. The lowest BCUT2D eigenvalue weighted by Crippen LogP contribution is -2.27. The fourth-order valence-corrected chi connectivity index (χ4v) is 6.22. The van der Waals surface area contributed by atoms with Gasteiger partial charge >= 0.3 is 0 Å². The van der Waals surface area contributed by atoms with Crippen LogP contribution in [-0.4, -0.2) is 34.8 Å². The van der Waals surface area contributed by atoms with Crippen LogP contribution in [0.3, 0.4) is 0 Å². The summed E-state index contributed by atoms with van der Waals surface area (Å²) in [5.41, 5.74) is 3.33. The number of thioether (sulfide) groups is 1. The molecule has 3 aromatic rings. The summed E-state index contributed by atoms with van der Waals surface area (Å²) in [6, 6.07) is 8.10. The average Bonchev–Trinajstić information content (AvgIpc) is 3.29. The molecule has 3 heterocycles. The molecule has 5 nitrogen and oxygen atoms in total. The molecule has 1 aliphatic carbocycles. The molecule has 0 radical (unpaired) electrons. The highest BCUT2D eigenvalue weighted by atomic mass is 32.2. The largest absolute Gasteiger partial charge is 0.355 e. The lowest BCUT2D eigenvalue weighted by Gasteiger charge is -2.22. The first-order valence-corrected chi connectivity index (χ1v) is 11.5. The molecule has 7 heteroatoms. The Morgan fingerprint density at radius 3 is 2.93 bits per heavy atom. The highest BCUT2D eigenvalue weighted by molar-refractivity contribution is 7.99. The van der Waals surface area contributed by atoms with Crippen molar-refractivity contribution >= 4 is 33.3 Å². The van der Waals surface area contributed by atoms with Gasteiger partial charge in [0.05, 0.1) is 23.8 Å². The highest BCUT2D eigenvalue weighted by Crippen LogP contribution is 2.36. The molecule has 1 unspecified atom stereocenters. The van der Waals surface area contributed by atoms with Crippen molar-refractivity contribution in [2.75, 3.05) is 19.2 Å². The Labute approximate surface area is 171 Å². The van der Waals surface area contributed by atoms with E-state index in [9.17, 15) is 4.79 Å². The van der Waals surface area contributed by atoms with Crippen molar-refractivity contribution in [3.05, 3.63) is 50.6 Å².